The van der Waals surface area contributed by atoms with Gasteiger partial charge in [0.05, 0.1) is 6.54 Å². The number of halogens is 1. The fourth-order valence-electron chi connectivity index (χ4n) is 3.40. The number of rotatable bonds is 8. The van der Waals surface area contributed by atoms with Gasteiger partial charge < -0.3 is 10.1 Å². The fourth-order valence-corrected chi connectivity index (χ4v) is 3.40. The normalized spacial score (nSPS) is 11.1. The molecule has 1 aromatic heterocycles. The lowest BCUT2D eigenvalue weighted by atomic mass is 10.1. The van der Waals surface area contributed by atoms with E-state index >= 15 is 0 Å². The number of aromatic nitrogens is 3. The maximum Gasteiger partial charge on any atom is 0.408 e. The Kier molecular flexibility index (Phi) is 7.39. The zero-order valence-electron chi connectivity index (χ0n) is 19.9. The molecule has 4 rings (SSSR count). The van der Waals surface area contributed by atoms with Crippen molar-refractivity contribution in [1.29, 1.82) is 0 Å². The highest BCUT2D eigenvalue weighted by Crippen LogP contribution is 2.21. The second kappa shape index (κ2) is 10.8. The topological polar surface area (TPSA) is 98.1 Å². The van der Waals surface area contributed by atoms with Crippen molar-refractivity contribution in [3.63, 3.8) is 0 Å². The van der Waals surface area contributed by atoms with Crippen LogP contribution in [0.5, 0.6) is 0 Å². The van der Waals surface area contributed by atoms with Crippen LogP contribution < -0.4 is 10.6 Å². The van der Waals surface area contributed by atoms with Crippen LogP contribution in [-0.2, 0) is 22.7 Å². The van der Waals surface area contributed by atoms with Crippen molar-refractivity contribution in [1.82, 2.24) is 20.1 Å². The Morgan fingerprint density at radius 2 is 1.53 bits per heavy atom. The Labute approximate surface area is 208 Å². The lowest BCUT2D eigenvalue weighted by Crippen LogP contribution is -2.52. The molecule has 8 nitrogen and oxygen atoms in total. The van der Waals surface area contributed by atoms with Gasteiger partial charge in [-0.1, -0.05) is 60.7 Å². The Morgan fingerprint density at radius 3 is 2.17 bits per heavy atom. The molecule has 2 amide bonds. The number of ether oxygens (including phenoxy) is 1. The number of alkyl carbamates (subject to hydrolysis) is 1. The standard InChI is InChI=1S/C27H26FN5O3/c1-27(2,31-26(35)36-18-20-11-7-4-8-12-20)24(34)30-25-29-23(21-13-15-22(28)16-14-21)33(32-25)17-19-9-5-3-6-10-19/h3-16H,17-18H2,1-2H3,(H,31,35)(H,30,32,34). The molecule has 0 saturated heterocycles. The Morgan fingerprint density at radius 1 is 0.917 bits per heavy atom. The first-order chi connectivity index (χ1) is 17.3. The lowest BCUT2D eigenvalue weighted by molar-refractivity contribution is -0.121. The number of nitrogens with zero attached hydrogens (tertiary/aromatic N) is 3. The van der Waals surface area contributed by atoms with Crippen LogP contribution in [0.2, 0.25) is 0 Å². The third kappa shape index (κ3) is 6.32. The second-order valence-corrected chi connectivity index (χ2v) is 8.68. The largest absolute Gasteiger partial charge is 0.445 e. The van der Waals surface area contributed by atoms with Crippen molar-refractivity contribution < 1.29 is 18.7 Å². The average molecular weight is 488 g/mol. The van der Waals surface area contributed by atoms with Gasteiger partial charge in [-0.05, 0) is 49.2 Å². The van der Waals surface area contributed by atoms with E-state index in [1.54, 1.807) is 30.7 Å². The van der Waals surface area contributed by atoms with Crippen LogP contribution >= 0.6 is 0 Å². The molecule has 0 aliphatic carbocycles. The molecule has 0 saturated carbocycles. The molecule has 0 radical (unpaired) electrons. The van der Waals surface area contributed by atoms with E-state index in [-0.39, 0.29) is 18.4 Å². The predicted molar refractivity (Wildman–Crippen MR) is 133 cm³/mol. The summed E-state index contributed by atoms with van der Waals surface area (Å²) < 4.78 is 20.3. The summed E-state index contributed by atoms with van der Waals surface area (Å²) in [7, 11) is 0. The number of benzene rings is 3. The maximum atomic E-state index is 13.5. The molecule has 0 fully saturated rings. The van der Waals surface area contributed by atoms with E-state index in [4.69, 9.17) is 4.74 Å². The number of carbonyl (C=O) groups is 2. The Balaban J connectivity index is 1.47. The van der Waals surface area contributed by atoms with Crippen molar-refractivity contribution >= 4 is 17.9 Å². The van der Waals surface area contributed by atoms with Crippen molar-refractivity contribution in [3.8, 4) is 11.4 Å². The van der Waals surface area contributed by atoms with Gasteiger partial charge in [-0.25, -0.2) is 13.9 Å². The zero-order valence-corrected chi connectivity index (χ0v) is 19.9. The van der Waals surface area contributed by atoms with Crippen LogP contribution in [0.4, 0.5) is 15.1 Å². The van der Waals surface area contributed by atoms with Gasteiger partial charge in [0.1, 0.15) is 18.0 Å². The maximum absolute atomic E-state index is 13.5. The first-order valence-electron chi connectivity index (χ1n) is 11.4. The third-order valence-electron chi connectivity index (χ3n) is 5.37. The van der Waals surface area contributed by atoms with E-state index in [9.17, 15) is 14.0 Å². The fraction of sp³-hybridized carbons (Fsp3) is 0.185. The molecular weight excluding hydrogens is 461 g/mol. The highest BCUT2D eigenvalue weighted by Gasteiger charge is 2.31. The molecule has 36 heavy (non-hydrogen) atoms. The summed E-state index contributed by atoms with van der Waals surface area (Å²) in [5.41, 5.74) is 1.14. The molecule has 0 aliphatic heterocycles. The highest BCUT2D eigenvalue weighted by molar-refractivity contribution is 5.98. The molecular formula is C27H26FN5O3. The second-order valence-electron chi connectivity index (χ2n) is 8.68. The molecule has 4 aromatic rings. The van der Waals surface area contributed by atoms with E-state index < -0.39 is 17.5 Å². The van der Waals surface area contributed by atoms with Crippen LogP contribution in [0, 0.1) is 5.82 Å². The Bertz CT molecular complexity index is 1320. The number of nitrogens with one attached hydrogen (secondary N) is 2. The SMILES string of the molecule is CC(C)(NC(=O)OCc1ccccc1)C(=O)Nc1nc(-c2ccc(F)cc2)n(Cc2ccccc2)n1. The van der Waals surface area contributed by atoms with Gasteiger partial charge in [-0.15, -0.1) is 5.10 Å². The lowest BCUT2D eigenvalue weighted by Gasteiger charge is -2.23. The van der Waals surface area contributed by atoms with Gasteiger partial charge in [0, 0.05) is 5.56 Å². The summed E-state index contributed by atoms with van der Waals surface area (Å²) in [6.45, 7) is 3.57. The average Bonchev–Trinajstić information content (AvgIpc) is 3.26. The minimum atomic E-state index is -1.31. The smallest absolute Gasteiger partial charge is 0.408 e. The van der Waals surface area contributed by atoms with Gasteiger partial charge in [0.2, 0.25) is 5.95 Å². The third-order valence-corrected chi connectivity index (χ3v) is 5.37. The summed E-state index contributed by atoms with van der Waals surface area (Å²) in [5.74, 6) is -0.375. The first-order valence-corrected chi connectivity index (χ1v) is 11.4. The van der Waals surface area contributed by atoms with Crippen LogP contribution in [0.3, 0.4) is 0 Å². The van der Waals surface area contributed by atoms with E-state index in [0.29, 0.717) is 17.9 Å². The first kappa shape index (κ1) is 24.6. The van der Waals surface area contributed by atoms with Crippen molar-refractivity contribution in [2.24, 2.45) is 0 Å². The van der Waals surface area contributed by atoms with Crippen molar-refractivity contribution in [2.75, 3.05) is 5.32 Å². The van der Waals surface area contributed by atoms with Gasteiger partial charge in [-0.3, -0.25) is 10.1 Å². The quantitative estimate of drug-likeness (QED) is 0.373. The summed E-state index contributed by atoms with van der Waals surface area (Å²) in [4.78, 5) is 29.7. The number of carbonyl (C=O) groups excluding carboxylic acids is 2. The van der Waals surface area contributed by atoms with Crippen molar-refractivity contribution in [2.45, 2.75) is 32.5 Å². The Hall–Kier alpha value is -4.53. The summed E-state index contributed by atoms with van der Waals surface area (Å²) in [6, 6.07) is 24.7. The molecule has 184 valence electrons. The molecule has 9 heteroatoms. The van der Waals surface area contributed by atoms with Gasteiger partial charge in [0.25, 0.3) is 5.91 Å². The van der Waals surface area contributed by atoms with E-state index in [2.05, 4.69) is 20.7 Å². The van der Waals surface area contributed by atoms with Crippen molar-refractivity contribution in [3.05, 3.63) is 102 Å². The minimum Gasteiger partial charge on any atom is -0.445 e. The highest BCUT2D eigenvalue weighted by atomic mass is 19.1. The molecule has 0 spiro atoms. The number of amides is 2. The van der Waals surface area contributed by atoms with Crippen LogP contribution in [0.25, 0.3) is 11.4 Å². The summed E-state index contributed by atoms with van der Waals surface area (Å²) in [5, 5.41) is 9.68. The van der Waals surface area contributed by atoms with E-state index in [1.807, 2.05) is 60.7 Å². The van der Waals surface area contributed by atoms with Crippen LogP contribution in [-0.4, -0.2) is 32.3 Å². The molecule has 0 bridgehead atoms. The van der Waals surface area contributed by atoms with Gasteiger partial charge in [0.15, 0.2) is 5.82 Å². The number of hydrogen-bond donors (Lipinski definition) is 2. The minimum absolute atomic E-state index is 0.0581. The molecule has 3 aromatic carbocycles. The summed E-state index contributed by atoms with van der Waals surface area (Å²) in [6.07, 6.45) is -0.728. The van der Waals surface area contributed by atoms with Gasteiger partial charge in [-0.2, -0.15) is 4.98 Å². The number of hydrogen-bond acceptors (Lipinski definition) is 5. The van der Waals surface area contributed by atoms with E-state index in [1.165, 1.54) is 12.1 Å². The van der Waals surface area contributed by atoms with E-state index in [0.717, 1.165) is 11.1 Å². The molecule has 0 aliphatic rings. The number of anilines is 1. The van der Waals surface area contributed by atoms with Crippen LogP contribution in [0.1, 0.15) is 25.0 Å². The monoisotopic (exact) mass is 487 g/mol. The summed E-state index contributed by atoms with van der Waals surface area (Å²) >= 11 is 0. The molecule has 0 atom stereocenters. The predicted octanol–water partition coefficient (Wildman–Crippen LogP) is 4.78. The van der Waals surface area contributed by atoms with Crippen LogP contribution in [0.15, 0.2) is 84.9 Å². The zero-order chi connectivity index (χ0) is 25.5. The van der Waals surface area contributed by atoms with Gasteiger partial charge >= 0.3 is 6.09 Å². The molecule has 1 heterocycles. The molecule has 2 N–H and O–H groups in total. The molecule has 0 unspecified atom stereocenters.